The Labute approximate surface area is 234 Å². The molecule has 2 aromatic rings. The largest absolute Gasteiger partial charge is 0.313 e. The van der Waals surface area contributed by atoms with Crippen LogP contribution in [0.15, 0.2) is 36.9 Å². The van der Waals surface area contributed by atoms with E-state index in [4.69, 9.17) is 46.4 Å². The molecule has 2 N–H and O–H groups in total. The van der Waals surface area contributed by atoms with E-state index in [0.717, 1.165) is 37.1 Å². The van der Waals surface area contributed by atoms with Crippen LogP contribution in [0.3, 0.4) is 0 Å². The minimum Gasteiger partial charge on any atom is -0.313 e. The van der Waals surface area contributed by atoms with E-state index in [9.17, 15) is 0 Å². The lowest BCUT2D eigenvalue weighted by Gasteiger charge is -2.21. The van der Waals surface area contributed by atoms with Gasteiger partial charge in [0.2, 0.25) is 0 Å². The van der Waals surface area contributed by atoms with Crippen molar-refractivity contribution in [1.29, 1.82) is 0 Å². The second-order valence-electron chi connectivity index (χ2n) is 11.2. The van der Waals surface area contributed by atoms with Crippen LogP contribution in [0, 0.1) is 10.8 Å². The first-order valence-corrected chi connectivity index (χ1v) is 14.6. The summed E-state index contributed by atoms with van der Waals surface area (Å²) < 4.78 is 0. The number of hydrogen-bond acceptors (Lipinski definition) is 4. The maximum Gasteiger partial charge on any atom is 0.0636 e. The van der Waals surface area contributed by atoms with Crippen LogP contribution in [0.1, 0.15) is 62.5 Å². The van der Waals surface area contributed by atoms with E-state index in [-0.39, 0.29) is 0 Å². The highest BCUT2D eigenvalue weighted by atomic mass is 35.5. The molecule has 2 atom stereocenters. The van der Waals surface area contributed by atoms with E-state index in [2.05, 4.69) is 32.8 Å². The predicted molar refractivity (Wildman–Crippen MR) is 150 cm³/mol. The third kappa shape index (κ3) is 6.06. The molecule has 1 saturated carbocycles. The normalized spacial score (nSPS) is 25.6. The van der Waals surface area contributed by atoms with E-state index in [0.29, 0.717) is 43.0 Å². The summed E-state index contributed by atoms with van der Waals surface area (Å²) in [5, 5.41) is 10.0. The fourth-order valence-electron chi connectivity index (χ4n) is 6.67. The average molecular weight is 568 g/mol. The van der Waals surface area contributed by atoms with Gasteiger partial charge in [-0.15, -0.1) is 0 Å². The zero-order chi connectivity index (χ0) is 25.2. The fourth-order valence-corrected chi connectivity index (χ4v) is 7.71. The molecule has 2 aliphatic carbocycles. The van der Waals surface area contributed by atoms with E-state index in [1.165, 1.54) is 51.4 Å². The van der Waals surface area contributed by atoms with Crippen LogP contribution in [0.2, 0.25) is 20.1 Å². The van der Waals surface area contributed by atoms with Crippen molar-refractivity contribution >= 4 is 46.4 Å². The van der Waals surface area contributed by atoms with Crippen LogP contribution < -0.4 is 10.6 Å². The van der Waals surface area contributed by atoms with E-state index in [1.807, 2.05) is 0 Å². The molecule has 4 nitrogen and oxygen atoms in total. The molecule has 194 valence electrons. The molecule has 3 fully saturated rings. The van der Waals surface area contributed by atoms with Gasteiger partial charge in [0.15, 0.2) is 0 Å². The summed E-state index contributed by atoms with van der Waals surface area (Å²) in [5.41, 5.74) is 3.09. The summed E-state index contributed by atoms with van der Waals surface area (Å²) in [6, 6.07) is 0.989. The van der Waals surface area contributed by atoms with Gasteiger partial charge in [-0.1, -0.05) is 71.4 Å². The topological polar surface area (TPSA) is 49.8 Å². The molecule has 36 heavy (non-hydrogen) atoms. The number of rotatable bonds is 4. The molecule has 2 aliphatic heterocycles. The minimum absolute atomic E-state index is 0.455. The number of nitrogens with one attached hydrogen (secondary N) is 2. The van der Waals surface area contributed by atoms with Gasteiger partial charge >= 0.3 is 0 Å². The lowest BCUT2D eigenvalue weighted by Crippen LogP contribution is -2.24. The van der Waals surface area contributed by atoms with Gasteiger partial charge in [-0.2, -0.15) is 0 Å². The number of nitrogens with zero attached hydrogens (tertiary/aromatic N) is 2. The molecule has 2 saturated heterocycles. The average Bonchev–Trinajstić information content (AvgIpc) is 3.66. The van der Waals surface area contributed by atoms with Crippen molar-refractivity contribution in [3.63, 3.8) is 0 Å². The van der Waals surface area contributed by atoms with Gasteiger partial charge in [0.25, 0.3) is 0 Å². The molecular formula is C28H34Cl4N4. The molecule has 0 radical (unpaired) electrons. The summed E-state index contributed by atoms with van der Waals surface area (Å²) in [5.74, 6) is 0. The quantitative estimate of drug-likeness (QED) is 0.376. The van der Waals surface area contributed by atoms with Crippen LogP contribution in [0.25, 0.3) is 0 Å². The van der Waals surface area contributed by atoms with Gasteiger partial charge in [0, 0.05) is 50.0 Å². The lowest BCUT2D eigenvalue weighted by atomic mass is 9.82. The second-order valence-corrected chi connectivity index (χ2v) is 12.9. The number of hydrogen-bond donors (Lipinski definition) is 2. The molecule has 6 rings (SSSR count). The van der Waals surface area contributed by atoms with E-state index in [1.54, 1.807) is 24.8 Å². The third-order valence-electron chi connectivity index (χ3n) is 8.63. The van der Waals surface area contributed by atoms with E-state index >= 15 is 0 Å². The Morgan fingerprint density at radius 3 is 1.56 bits per heavy atom. The van der Waals surface area contributed by atoms with Crippen molar-refractivity contribution in [2.24, 2.45) is 10.8 Å². The maximum atomic E-state index is 6.18. The van der Waals surface area contributed by atoms with Gasteiger partial charge in [-0.05, 0) is 73.3 Å². The third-order valence-corrected chi connectivity index (χ3v) is 9.93. The molecule has 0 bridgehead atoms. The first kappa shape index (κ1) is 26.7. The molecule has 0 aromatic carbocycles. The van der Waals surface area contributed by atoms with Crippen LogP contribution in [-0.2, 0) is 12.8 Å². The van der Waals surface area contributed by atoms with Gasteiger partial charge in [-0.25, -0.2) is 0 Å². The van der Waals surface area contributed by atoms with Crippen molar-refractivity contribution in [1.82, 2.24) is 20.6 Å². The number of halogens is 4. The molecule has 0 amide bonds. The summed E-state index contributed by atoms with van der Waals surface area (Å²) >= 11 is 24.7. The SMILES string of the molecule is Clc1cncc(Cl)c1C[C@H]1CC2(CC=CC2)CN1.Clc1cncc(Cl)c1C[C@H]1CC2(CCCC2)CN1. The zero-order valence-corrected chi connectivity index (χ0v) is 23.5. The molecular weight excluding hydrogens is 534 g/mol. The van der Waals surface area contributed by atoms with Crippen molar-refractivity contribution < 1.29 is 0 Å². The van der Waals surface area contributed by atoms with Crippen LogP contribution in [-0.4, -0.2) is 35.1 Å². The van der Waals surface area contributed by atoms with Gasteiger partial charge in [-0.3, -0.25) is 9.97 Å². The van der Waals surface area contributed by atoms with Crippen molar-refractivity contribution in [3.05, 3.63) is 68.2 Å². The van der Waals surface area contributed by atoms with Gasteiger partial charge in [0.1, 0.15) is 0 Å². The Hall–Kier alpha value is -0.880. The van der Waals surface area contributed by atoms with Crippen molar-refractivity contribution in [2.75, 3.05) is 13.1 Å². The Kier molecular flexibility index (Phi) is 8.51. The van der Waals surface area contributed by atoms with Crippen molar-refractivity contribution in [3.8, 4) is 0 Å². The lowest BCUT2D eigenvalue weighted by molar-refractivity contribution is 0.327. The Morgan fingerprint density at radius 1 is 0.667 bits per heavy atom. The smallest absolute Gasteiger partial charge is 0.0636 e. The highest BCUT2D eigenvalue weighted by molar-refractivity contribution is 6.36. The van der Waals surface area contributed by atoms with Gasteiger partial charge < -0.3 is 10.6 Å². The molecule has 8 heteroatoms. The first-order valence-electron chi connectivity index (χ1n) is 13.0. The van der Waals surface area contributed by atoms with Crippen LogP contribution in [0.4, 0.5) is 0 Å². The molecule has 4 aliphatic rings. The van der Waals surface area contributed by atoms with Crippen LogP contribution in [0.5, 0.6) is 0 Å². The highest BCUT2D eigenvalue weighted by Gasteiger charge is 2.41. The summed E-state index contributed by atoms with van der Waals surface area (Å²) in [6.45, 7) is 2.27. The Bertz CT molecular complexity index is 985. The van der Waals surface area contributed by atoms with E-state index < -0.39 is 0 Å². The fraction of sp³-hybridized carbons (Fsp3) is 0.571. The van der Waals surface area contributed by atoms with Crippen LogP contribution >= 0.6 is 46.4 Å². The Morgan fingerprint density at radius 2 is 1.08 bits per heavy atom. The summed E-state index contributed by atoms with van der Waals surface area (Å²) in [7, 11) is 0. The number of pyridine rings is 2. The molecule has 2 aromatic heterocycles. The standard InChI is InChI=1S/C14H18Cl2N2.C14H16Cl2N2/c2*15-12-7-17-8-13(16)11(12)5-10-6-14(9-18-10)3-1-2-4-14/h7-8,10,18H,1-6,9H2;1-2,7-8,10,18H,3-6,9H2/t2*10-/m00/s1. The predicted octanol–water partition coefficient (Wildman–Crippen LogP) is 7.48. The molecule has 4 heterocycles. The zero-order valence-electron chi connectivity index (χ0n) is 20.5. The van der Waals surface area contributed by atoms with Crippen molar-refractivity contribution in [2.45, 2.75) is 76.3 Å². The summed E-state index contributed by atoms with van der Waals surface area (Å²) in [4.78, 5) is 8.00. The maximum absolute atomic E-state index is 6.18. The number of allylic oxidation sites excluding steroid dienone is 2. The van der Waals surface area contributed by atoms with Gasteiger partial charge in [0.05, 0.1) is 20.1 Å². The minimum atomic E-state index is 0.455. The Balaban J connectivity index is 0.000000148. The number of aromatic nitrogens is 2. The molecule has 2 spiro atoms. The summed E-state index contributed by atoms with van der Waals surface area (Å²) in [6.07, 6.45) is 23.6. The first-order chi connectivity index (χ1) is 17.4. The second kappa shape index (κ2) is 11.5. The highest BCUT2D eigenvalue weighted by Crippen LogP contribution is 2.45. The molecule has 0 unspecified atom stereocenters. The monoisotopic (exact) mass is 566 g/mol.